The van der Waals surface area contributed by atoms with Gasteiger partial charge in [-0.1, -0.05) is 48.0 Å². The first-order valence-electron chi connectivity index (χ1n) is 9.51. The molecule has 0 bridgehead atoms. The molecule has 0 amide bonds. The van der Waals surface area contributed by atoms with Gasteiger partial charge in [-0.3, -0.25) is 14.9 Å². The Kier molecular flexibility index (Phi) is 8.54. The van der Waals surface area contributed by atoms with Gasteiger partial charge < -0.3 is 5.11 Å². The lowest BCUT2D eigenvalue weighted by molar-refractivity contribution is -0.139. The Morgan fingerprint density at radius 3 is 2.31 bits per heavy atom. The zero-order chi connectivity index (χ0) is 21.3. The lowest BCUT2D eigenvalue weighted by atomic mass is 10.0. The molecule has 2 N–H and O–H groups in total. The van der Waals surface area contributed by atoms with Crippen molar-refractivity contribution in [3.8, 4) is 0 Å². The van der Waals surface area contributed by atoms with Gasteiger partial charge in [0.15, 0.2) is 9.84 Å². The van der Waals surface area contributed by atoms with Gasteiger partial charge in [-0.15, -0.1) is 0 Å². The monoisotopic (exact) mass is 416 g/mol. The van der Waals surface area contributed by atoms with E-state index in [0.29, 0.717) is 12.8 Å². The summed E-state index contributed by atoms with van der Waals surface area (Å²) in [5.41, 5.74) is 2.01. The van der Waals surface area contributed by atoms with Crippen LogP contribution in [0.2, 0.25) is 0 Å². The van der Waals surface area contributed by atoms with E-state index in [2.05, 4.69) is 5.32 Å². The minimum Gasteiger partial charge on any atom is -0.480 e. The molecule has 0 heterocycles. The SMILES string of the molecule is Cc1ccc(S(=O)(=O)CCC[C@@H](N[C@H]([C]=O)CCc2ccccc2)C(=O)O)cc1. The lowest BCUT2D eigenvalue weighted by Gasteiger charge is -2.19. The molecule has 0 aromatic heterocycles. The lowest BCUT2D eigenvalue weighted by Crippen LogP contribution is -2.44. The van der Waals surface area contributed by atoms with Gasteiger partial charge in [0.05, 0.1) is 16.7 Å². The Hall–Kier alpha value is -2.51. The third kappa shape index (κ3) is 7.44. The number of carbonyl (C=O) groups is 1. The molecule has 0 aliphatic rings. The predicted molar refractivity (Wildman–Crippen MR) is 111 cm³/mol. The molecule has 0 fully saturated rings. The van der Waals surface area contributed by atoms with E-state index in [-0.39, 0.29) is 23.5 Å². The van der Waals surface area contributed by atoms with Gasteiger partial charge in [-0.05, 0) is 50.3 Å². The zero-order valence-corrected chi connectivity index (χ0v) is 17.2. The maximum absolute atomic E-state index is 12.4. The number of carboxylic acid groups (broad SMARTS) is 1. The molecule has 2 aromatic carbocycles. The average Bonchev–Trinajstić information content (AvgIpc) is 2.70. The van der Waals surface area contributed by atoms with E-state index in [0.717, 1.165) is 11.1 Å². The van der Waals surface area contributed by atoms with E-state index in [4.69, 9.17) is 0 Å². The fraction of sp³-hybridized carbons (Fsp3) is 0.364. The van der Waals surface area contributed by atoms with Crippen LogP contribution in [-0.4, -0.2) is 43.6 Å². The van der Waals surface area contributed by atoms with Crippen molar-refractivity contribution in [3.63, 3.8) is 0 Å². The van der Waals surface area contributed by atoms with Crippen LogP contribution in [0, 0.1) is 6.92 Å². The molecular weight excluding hydrogens is 390 g/mol. The second kappa shape index (κ2) is 10.9. The topological polar surface area (TPSA) is 101 Å². The summed E-state index contributed by atoms with van der Waals surface area (Å²) in [4.78, 5) is 23.0. The summed E-state index contributed by atoms with van der Waals surface area (Å²) in [6.07, 6.45) is 3.15. The molecule has 0 unspecified atom stereocenters. The number of rotatable bonds is 12. The van der Waals surface area contributed by atoms with Crippen molar-refractivity contribution in [2.45, 2.75) is 49.6 Å². The van der Waals surface area contributed by atoms with Gasteiger partial charge in [-0.25, -0.2) is 8.42 Å². The Bertz CT molecular complexity index is 895. The number of aliphatic carboxylic acids is 1. The molecule has 155 valence electrons. The Morgan fingerprint density at radius 1 is 1.07 bits per heavy atom. The molecule has 2 aromatic rings. The fourth-order valence-electron chi connectivity index (χ4n) is 2.99. The Labute approximate surface area is 171 Å². The maximum atomic E-state index is 12.4. The van der Waals surface area contributed by atoms with Crippen LogP contribution in [0.1, 0.15) is 30.4 Å². The molecule has 0 spiro atoms. The number of sulfone groups is 1. The second-order valence-electron chi connectivity index (χ2n) is 7.03. The van der Waals surface area contributed by atoms with Crippen LogP contribution in [0.5, 0.6) is 0 Å². The number of hydrogen-bond acceptors (Lipinski definition) is 5. The first-order chi connectivity index (χ1) is 13.8. The number of hydrogen-bond donors (Lipinski definition) is 2. The first-order valence-corrected chi connectivity index (χ1v) is 11.2. The van der Waals surface area contributed by atoms with E-state index >= 15 is 0 Å². The van der Waals surface area contributed by atoms with Crippen LogP contribution < -0.4 is 5.32 Å². The van der Waals surface area contributed by atoms with Gasteiger partial charge in [-0.2, -0.15) is 0 Å². The van der Waals surface area contributed by atoms with Crippen molar-refractivity contribution in [2.24, 2.45) is 0 Å². The van der Waals surface area contributed by atoms with E-state index < -0.39 is 27.9 Å². The minimum atomic E-state index is -3.48. The third-order valence-corrected chi connectivity index (χ3v) is 6.51. The maximum Gasteiger partial charge on any atom is 0.320 e. The quantitative estimate of drug-likeness (QED) is 0.552. The summed E-state index contributed by atoms with van der Waals surface area (Å²) in [5, 5.41) is 12.2. The number of nitrogens with one attached hydrogen (secondary N) is 1. The van der Waals surface area contributed by atoms with Crippen molar-refractivity contribution in [2.75, 3.05) is 5.75 Å². The van der Waals surface area contributed by atoms with Crippen LogP contribution in [0.25, 0.3) is 0 Å². The molecule has 7 heteroatoms. The molecule has 2 atom stereocenters. The van der Waals surface area contributed by atoms with Crippen LogP contribution in [0.4, 0.5) is 0 Å². The summed E-state index contributed by atoms with van der Waals surface area (Å²) in [6.45, 7) is 1.87. The van der Waals surface area contributed by atoms with Gasteiger partial charge in [0, 0.05) is 0 Å². The van der Waals surface area contributed by atoms with Gasteiger partial charge in [0.1, 0.15) is 6.04 Å². The normalized spacial score (nSPS) is 13.6. The summed E-state index contributed by atoms with van der Waals surface area (Å²) < 4.78 is 24.8. The summed E-state index contributed by atoms with van der Waals surface area (Å²) >= 11 is 0. The highest BCUT2D eigenvalue weighted by molar-refractivity contribution is 7.91. The van der Waals surface area contributed by atoms with Gasteiger partial charge >= 0.3 is 5.97 Å². The number of benzene rings is 2. The minimum absolute atomic E-state index is 0.101. The molecule has 0 saturated carbocycles. The highest BCUT2D eigenvalue weighted by Gasteiger charge is 2.23. The van der Waals surface area contributed by atoms with Gasteiger partial charge in [0.25, 0.3) is 0 Å². The summed E-state index contributed by atoms with van der Waals surface area (Å²) in [5.74, 6) is -1.27. The van der Waals surface area contributed by atoms with Crippen molar-refractivity contribution in [3.05, 3.63) is 65.7 Å². The van der Waals surface area contributed by atoms with Crippen molar-refractivity contribution < 1.29 is 23.1 Å². The van der Waals surface area contributed by atoms with E-state index in [1.165, 1.54) is 0 Å². The van der Waals surface area contributed by atoms with Crippen molar-refractivity contribution in [1.82, 2.24) is 5.32 Å². The Morgan fingerprint density at radius 2 is 1.72 bits per heavy atom. The molecule has 2 rings (SSSR count). The first kappa shape index (κ1) is 22.8. The molecule has 6 nitrogen and oxygen atoms in total. The summed E-state index contributed by atoms with van der Waals surface area (Å²) in [7, 11) is -3.48. The van der Waals surface area contributed by atoms with Gasteiger partial charge in [0.2, 0.25) is 6.29 Å². The highest BCUT2D eigenvalue weighted by Crippen LogP contribution is 2.15. The van der Waals surface area contributed by atoms with Crippen molar-refractivity contribution in [1.29, 1.82) is 0 Å². The van der Waals surface area contributed by atoms with Crippen LogP contribution in [-0.2, 0) is 25.8 Å². The van der Waals surface area contributed by atoms with E-state index in [1.807, 2.05) is 43.5 Å². The second-order valence-corrected chi connectivity index (χ2v) is 9.14. The molecule has 0 aliphatic heterocycles. The molecule has 0 saturated heterocycles. The zero-order valence-electron chi connectivity index (χ0n) is 16.4. The number of carbonyl (C=O) groups excluding carboxylic acids is 1. The van der Waals surface area contributed by atoms with E-state index in [1.54, 1.807) is 24.3 Å². The fourth-order valence-corrected chi connectivity index (χ4v) is 4.33. The van der Waals surface area contributed by atoms with Crippen LogP contribution in [0.3, 0.4) is 0 Å². The molecule has 0 aliphatic carbocycles. The average molecular weight is 417 g/mol. The van der Waals surface area contributed by atoms with Crippen molar-refractivity contribution >= 4 is 22.1 Å². The summed E-state index contributed by atoms with van der Waals surface area (Å²) in [6, 6.07) is 14.4. The number of carboxylic acids is 1. The number of aryl methyl sites for hydroxylation is 2. The van der Waals surface area contributed by atoms with Crippen LogP contribution >= 0.6 is 0 Å². The largest absolute Gasteiger partial charge is 0.480 e. The standard InChI is InChI=1S/C22H26NO5S/c1-17-9-13-20(14-10-17)29(27,28)15-5-8-21(22(25)26)23-19(16-24)12-11-18-6-3-2-4-7-18/h2-4,6-7,9-10,13-14,19,21,23H,5,8,11-12,15H2,1H3,(H,25,26)/t19-,21+/m0/s1. The predicted octanol–water partition coefficient (Wildman–Crippen LogP) is 2.70. The molecule has 1 radical (unpaired) electrons. The molecule has 29 heavy (non-hydrogen) atoms. The van der Waals surface area contributed by atoms with Crippen LogP contribution in [0.15, 0.2) is 59.5 Å². The highest BCUT2D eigenvalue weighted by atomic mass is 32.2. The smallest absolute Gasteiger partial charge is 0.320 e. The van der Waals surface area contributed by atoms with E-state index in [9.17, 15) is 23.1 Å². The third-order valence-electron chi connectivity index (χ3n) is 4.69. The molecular formula is C22H26NO5S. The Balaban J connectivity index is 1.89.